The number of para-hydroxylation sites is 1. The molecule has 0 radical (unpaired) electrons. The number of nitrogens with zero attached hydrogens (tertiary/aromatic N) is 1. The molecule has 0 spiro atoms. The van der Waals surface area contributed by atoms with Gasteiger partial charge in [0.2, 0.25) is 0 Å². The maximum absolute atomic E-state index is 9.64. The summed E-state index contributed by atoms with van der Waals surface area (Å²) in [6.45, 7) is 4.80. The number of likely N-dealkylation sites (tertiary alicyclic amines) is 1. The van der Waals surface area contributed by atoms with Crippen LogP contribution in [0.5, 0.6) is 5.75 Å². The number of piperidine rings is 1. The molecule has 1 heterocycles. The molecule has 1 fully saturated rings. The Bertz CT molecular complexity index is 621. The first-order chi connectivity index (χ1) is 11.7. The highest BCUT2D eigenvalue weighted by molar-refractivity contribution is 5.37. The molecule has 1 atom stereocenters. The molecular weight excluding hydrogens is 298 g/mol. The standard InChI is InChI=1S/C21H27NO2/c1-17(22-13-11-20(23)12-14-22)16-24-21-10-6-5-9-19(21)15-18-7-3-2-4-8-18/h2-10,17,20,23H,11-16H2,1H3. The highest BCUT2D eigenvalue weighted by atomic mass is 16.5. The predicted octanol–water partition coefficient (Wildman–Crippen LogP) is 3.50. The van der Waals surface area contributed by atoms with Crippen LogP contribution >= 0.6 is 0 Å². The minimum absolute atomic E-state index is 0.124. The maximum atomic E-state index is 9.64. The lowest BCUT2D eigenvalue weighted by atomic mass is 10.0. The third-order valence-corrected chi connectivity index (χ3v) is 4.81. The van der Waals surface area contributed by atoms with Crippen molar-refractivity contribution < 1.29 is 9.84 Å². The largest absolute Gasteiger partial charge is 0.492 e. The summed E-state index contributed by atoms with van der Waals surface area (Å²) in [6, 6.07) is 19.2. The van der Waals surface area contributed by atoms with Gasteiger partial charge in [-0.2, -0.15) is 0 Å². The normalized spacial score (nSPS) is 17.6. The number of aliphatic hydroxyl groups is 1. The molecule has 2 aromatic carbocycles. The van der Waals surface area contributed by atoms with Crippen molar-refractivity contribution in [2.75, 3.05) is 19.7 Å². The molecule has 1 aliphatic rings. The van der Waals surface area contributed by atoms with Gasteiger partial charge in [0.05, 0.1) is 6.10 Å². The van der Waals surface area contributed by atoms with Crippen LogP contribution in [0.15, 0.2) is 54.6 Å². The average molecular weight is 325 g/mol. The second kappa shape index (κ2) is 8.32. The van der Waals surface area contributed by atoms with E-state index in [0.29, 0.717) is 12.6 Å². The minimum atomic E-state index is -0.124. The Morgan fingerprint density at radius 3 is 2.46 bits per heavy atom. The van der Waals surface area contributed by atoms with E-state index in [1.807, 2.05) is 12.1 Å². The monoisotopic (exact) mass is 325 g/mol. The summed E-state index contributed by atoms with van der Waals surface area (Å²) in [5.74, 6) is 0.977. The summed E-state index contributed by atoms with van der Waals surface area (Å²) >= 11 is 0. The van der Waals surface area contributed by atoms with E-state index in [1.165, 1.54) is 11.1 Å². The molecular formula is C21H27NO2. The molecule has 0 aliphatic carbocycles. The van der Waals surface area contributed by atoms with Crippen LogP contribution in [-0.2, 0) is 6.42 Å². The van der Waals surface area contributed by atoms with Crippen LogP contribution in [0.3, 0.4) is 0 Å². The van der Waals surface area contributed by atoms with Crippen molar-refractivity contribution in [1.82, 2.24) is 4.90 Å². The summed E-state index contributed by atoms with van der Waals surface area (Å²) in [6.07, 6.45) is 2.51. The quantitative estimate of drug-likeness (QED) is 0.882. The first-order valence-corrected chi connectivity index (χ1v) is 8.89. The molecule has 2 aromatic rings. The first kappa shape index (κ1) is 17.0. The van der Waals surface area contributed by atoms with Gasteiger partial charge < -0.3 is 9.84 Å². The Labute approximate surface area is 144 Å². The zero-order valence-corrected chi connectivity index (χ0v) is 14.4. The Hall–Kier alpha value is -1.84. The van der Waals surface area contributed by atoms with E-state index in [0.717, 1.165) is 38.1 Å². The first-order valence-electron chi connectivity index (χ1n) is 8.89. The molecule has 3 nitrogen and oxygen atoms in total. The number of aliphatic hydroxyl groups excluding tert-OH is 1. The third-order valence-electron chi connectivity index (χ3n) is 4.81. The molecule has 24 heavy (non-hydrogen) atoms. The van der Waals surface area contributed by atoms with Crippen LogP contribution in [0.4, 0.5) is 0 Å². The number of hydrogen-bond acceptors (Lipinski definition) is 3. The Morgan fingerprint density at radius 1 is 1.04 bits per heavy atom. The van der Waals surface area contributed by atoms with E-state index in [-0.39, 0.29) is 6.10 Å². The summed E-state index contributed by atoms with van der Waals surface area (Å²) < 4.78 is 6.15. The molecule has 3 rings (SSSR count). The smallest absolute Gasteiger partial charge is 0.122 e. The molecule has 128 valence electrons. The van der Waals surface area contributed by atoms with Gasteiger partial charge >= 0.3 is 0 Å². The van der Waals surface area contributed by atoms with Gasteiger partial charge in [-0.25, -0.2) is 0 Å². The molecule has 3 heteroatoms. The van der Waals surface area contributed by atoms with Crippen LogP contribution in [0.2, 0.25) is 0 Å². The van der Waals surface area contributed by atoms with E-state index in [9.17, 15) is 5.11 Å². The van der Waals surface area contributed by atoms with E-state index < -0.39 is 0 Å². The van der Waals surface area contributed by atoms with Gasteiger partial charge in [0.15, 0.2) is 0 Å². The Kier molecular flexibility index (Phi) is 5.89. The second-order valence-corrected chi connectivity index (χ2v) is 6.70. The van der Waals surface area contributed by atoms with Crippen molar-refractivity contribution in [3.05, 3.63) is 65.7 Å². The van der Waals surface area contributed by atoms with Crippen LogP contribution in [0.1, 0.15) is 30.9 Å². The van der Waals surface area contributed by atoms with Gasteiger partial charge in [-0.15, -0.1) is 0 Å². The van der Waals surface area contributed by atoms with Crippen molar-refractivity contribution in [1.29, 1.82) is 0 Å². The van der Waals surface area contributed by atoms with Crippen LogP contribution < -0.4 is 4.74 Å². The van der Waals surface area contributed by atoms with Crippen LogP contribution in [-0.4, -0.2) is 41.8 Å². The molecule has 0 bridgehead atoms. The average Bonchev–Trinajstić information content (AvgIpc) is 2.62. The fourth-order valence-corrected chi connectivity index (χ4v) is 3.25. The van der Waals surface area contributed by atoms with Crippen molar-refractivity contribution in [3.63, 3.8) is 0 Å². The van der Waals surface area contributed by atoms with Gasteiger partial charge in [0.25, 0.3) is 0 Å². The van der Waals surface area contributed by atoms with E-state index in [1.54, 1.807) is 0 Å². The molecule has 1 saturated heterocycles. The number of hydrogen-bond donors (Lipinski definition) is 1. The van der Waals surface area contributed by atoms with Crippen LogP contribution in [0, 0.1) is 0 Å². The fourth-order valence-electron chi connectivity index (χ4n) is 3.25. The Morgan fingerprint density at radius 2 is 1.71 bits per heavy atom. The molecule has 1 N–H and O–H groups in total. The fraction of sp³-hybridized carbons (Fsp3) is 0.429. The number of ether oxygens (including phenoxy) is 1. The molecule has 0 aromatic heterocycles. The molecule has 1 unspecified atom stereocenters. The predicted molar refractivity (Wildman–Crippen MR) is 97.5 cm³/mol. The van der Waals surface area contributed by atoms with Crippen molar-refractivity contribution in [3.8, 4) is 5.75 Å². The van der Waals surface area contributed by atoms with Gasteiger partial charge in [-0.1, -0.05) is 48.5 Å². The van der Waals surface area contributed by atoms with Gasteiger partial charge in [0.1, 0.15) is 12.4 Å². The molecule has 0 saturated carbocycles. The highest BCUT2D eigenvalue weighted by Gasteiger charge is 2.21. The summed E-state index contributed by atoms with van der Waals surface area (Å²) in [5.41, 5.74) is 2.52. The summed E-state index contributed by atoms with van der Waals surface area (Å²) in [5, 5.41) is 9.64. The van der Waals surface area contributed by atoms with E-state index in [4.69, 9.17) is 4.74 Å². The van der Waals surface area contributed by atoms with E-state index in [2.05, 4.69) is 54.3 Å². The van der Waals surface area contributed by atoms with Crippen LogP contribution in [0.25, 0.3) is 0 Å². The second-order valence-electron chi connectivity index (χ2n) is 6.70. The maximum Gasteiger partial charge on any atom is 0.122 e. The van der Waals surface area contributed by atoms with Gasteiger partial charge in [-0.3, -0.25) is 4.90 Å². The van der Waals surface area contributed by atoms with Crippen molar-refractivity contribution in [2.24, 2.45) is 0 Å². The van der Waals surface area contributed by atoms with Crippen molar-refractivity contribution >= 4 is 0 Å². The van der Waals surface area contributed by atoms with Gasteiger partial charge in [-0.05, 0) is 37.0 Å². The summed E-state index contributed by atoms with van der Waals surface area (Å²) in [7, 11) is 0. The number of benzene rings is 2. The van der Waals surface area contributed by atoms with E-state index >= 15 is 0 Å². The summed E-state index contributed by atoms with van der Waals surface area (Å²) in [4.78, 5) is 2.41. The zero-order valence-electron chi connectivity index (χ0n) is 14.4. The molecule has 0 amide bonds. The van der Waals surface area contributed by atoms with Crippen molar-refractivity contribution in [2.45, 2.75) is 38.3 Å². The zero-order chi connectivity index (χ0) is 16.8. The number of rotatable bonds is 6. The topological polar surface area (TPSA) is 32.7 Å². The lowest BCUT2D eigenvalue weighted by Gasteiger charge is -2.34. The SMILES string of the molecule is CC(COc1ccccc1Cc1ccccc1)N1CCC(O)CC1. The Balaban J connectivity index is 1.59. The lowest BCUT2D eigenvalue weighted by Crippen LogP contribution is -2.44. The van der Waals surface area contributed by atoms with Gasteiger partial charge in [0, 0.05) is 25.6 Å². The third kappa shape index (κ3) is 4.59. The molecule has 1 aliphatic heterocycles. The highest BCUT2D eigenvalue weighted by Crippen LogP contribution is 2.22. The minimum Gasteiger partial charge on any atom is -0.492 e. The lowest BCUT2D eigenvalue weighted by molar-refractivity contribution is 0.0514.